The number of amides is 1. The number of carbonyl (C=O) groups excluding carboxylic acids is 1. The molecule has 4 unspecified atom stereocenters. The fourth-order valence-corrected chi connectivity index (χ4v) is 3.83. The molecule has 1 saturated heterocycles. The Labute approximate surface area is 130 Å². The van der Waals surface area contributed by atoms with Crippen LogP contribution in [0.1, 0.15) is 66.7 Å². The number of nitrogens with zero attached hydrogens (tertiary/aromatic N) is 1. The molecule has 0 bridgehead atoms. The highest BCUT2D eigenvalue weighted by Crippen LogP contribution is 2.35. The second kappa shape index (κ2) is 6.68. The average Bonchev–Trinajstić information content (AvgIpc) is 2.36. The molecule has 2 fully saturated rings. The van der Waals surface area contributed by atoms with E-state index in [2.05, 4.69) is 24.1 Å². The predicted molar refractivity (Wildman–Crippen MR) is 88.2 cm³/mol. The summed E-state index contributed by atoms with van der Waals surface area (Å²) in [5.74, 6) is 1.79. The van der Waals surface area contributed by atoms with Crippen molar-refractivity contribution in [2.24, 2.45) is 17.3 Å². The Hall–Kier alpha value is -0.570. The van der Waals surface area contributed by atoms with Gasteiger partial charge in [0, 0.05) is 30.6 Å². The van der Waals surface area contributed by atoms with Crippen molar-refractivity contribution in [3.63, 3.8) is 0 Å². The molecule has 0 aromatic rings. The highest BCUT2D eigenvalue weighted by Gasteiger charge is 2.38. The molecule has 2 rings (SSSR count). The number of rotatable bonds is 4. The first-order valence-electron chi connectivity index (χ1n) is 8.86. The van der Waals surface area contributed by atoms with Crippen molar-refractivity contribution in [2.75, 3.05) is 13.1 Å². The first-order chi connectivity index (χ1) is 9.81. The van der Waals surface area contributed by atoms with Crippen LogP contribution in [0, 0.1) is 17.3 Å². The zero-order valence-electron chi connectivity index (χ0n) is 14.6. The van der Waals surface area contributed by atoms with Crippen LogP contribution in [0.15, 0.2) is 0 Å². The molecule has 0 spiro atoms. The maximum absolute atomic E-state index is 12.3. The normalized spacial score (nSPS) is 34.3. The largest absolute Gasteiger partial charge is 0.352 e. The minimum Gasteiger partial charge on any atom is -0.352 e. The van der Waals surface area contributed by atoms with E-state index in [-0.39, 0.29) is 11.3 Å². The maximum Gasteiger partial charge on any atom is 0.225 e. The van der Waals surface area contributed by atoms with Crippen LogP contribution in [0.25, 0.3) is 0 Å². The van der Waals surface area contributed by atoms with Crippen LogP contribution in [0.2, 0.25) is 0 Å². The van der Waals surface area contributed by atoms with Crippen molar-refractivity contribution in [3.8, 4) is 0 Å². The van der Waals surface area contributed by atoms with Gasteiger partial charge in [-0.1, -0.05) is 41.0 Å². The van der Waals surface area contributed by atoms with Gasteiger partial charge in [0.25, 0.3) is 0 Å². The third-order valence-electron chi connectivity index (χ3n) is 5.32. The van der Waals surface area contributed by atoms with E-state index in [1.54, 1.807) is 0 Å². The lowest BCUT2D eigenvalue weighted by Crippen LogP contribution is -2.58. The van der Waals surface area contributed by atoms with Crippen LogP contribution in [0.4, 0.5) is 0 Å². The summed E-state index contributed by atoms with van der Waals surface area (Å²) in [5.41, 5.74) is -0.285. The first kappa shape index (κ1) is 16.8. The molecule has 2 aliphatic rings. The van der Waals surface area contributed by atoms with Crippen molar-refractivity contribution < 1.29 is 4.79 Å². The number of likely N-dealkylation sites (tertiary alicyclic amines) is 1. The van der Waals surface area contributed by atoms with Crippen molar-refractivity contribution in [1.29, 1.82) is 0 Å². The zero-order chi connectivity index (χ0) is 15.6. The highest BCUT2D eigenvalue weighted by molar-refractivity contribution is 5.81. The summed E-state index contributed by atoms with van der Waals surface area (Å²) < 4.78 is 0. The van der Waals surface area contributed by atoms with E-state index >= 15 is 0 Å². The van der Waals surface area contributed by atoms with Crippen molar-refractivity contribution in [2.45, 2.75) is 78.8 Å². The van der Waals surface area contributed by atoms with E-state index < -0.39 is 0 Å². The molecular weight excluding hydrogens is 260 g/mol. The fraction of sp³-hybridized carbons (Fsp3) is 0.944. The van der Waals surface area contributed by atoms with Gasteiger partial charge in [-0.05, 0) is 37.5 Å². The lowest BCUT2D eigenvalue weighted by atomic mass is 9.77. The quantitative estimate of drug-likeness (QED) is 0.861. The van der Waals surface area contributed by atoms with Crippen molar-refractivity contribution in [3.05, 3.63) is 0 Å². The number of hydrogen-bond donors (Lipinski definition) is 1. The molecule has 1 aliphatic heterocycles. The molecule has 1 heterocycles. The Morgan fingerprint density at radius 2 is 1.95 bits per heavy atom. The van der Waals surface area contributed by atoms with Gasteiger partial charge in [0.15, 0.2) is 0 Å². The van der Waals surface area contributed by atoms with Gasteiger partial charge < -0.3 is 5.32 Å². The van der Waals surface area contributed by atoms with E-state index in [0.29, 0.717) is 6.04 Å². The van der Waals surface area contributed by atoms with Gasteiger partial charge in [-0.3, -0.25) is 9.69 Å². The summed E-state index contributed by atoms with van der Waals surface area (Å²) in [7, 11) is 0. The van der Waals surface area contributed by atoms with Crippen LogP contribution in [0.5, 0.6) is 0 Å². The van der Waals surface area contributed by atoms with Gasteiger partial charge in [-0.15, -0.1) is 0 Å². The van der Waals surface area contributed by atoms with Gasteiger partial charge in [-0.2, -0.15) is 0 Å². The van der Waals surface area contributed by atoms with Gasteiger partial charge in [-0.25, -0.2) is 0 Å². The monoisotopic (exact) mass is 294 g/mol. The van der Waals surface area contributed by atoms with E-state index in [1.165, 1.54) is 32.2 Å². The standard InChI is InChI=1S/C18H34N2O/c1-6-7-14-10-15(19-17(21)18(3,4)5)12-20(11-14)16-9-8-13(16)2/h13-16H,6-12H2,1-5H3,(H,19,21). The van der Waals surface area contributed by atoms with Crippen LogP contribution in [-0.2, 0) is 4.79 Å². The Bertz CT molecular complexity index is 361. The Morgan fingerprint density at radius 3 is 2.43 bits per heavy atom. The molecule has 1 N–H and O–H groups in total. The lowest BCUT2D eigenvalue weighted by molar-refractivity contribution is -0.130. The maximum atomic E-state index is 12.3. The molecule has 122 valence electrons. The van der Waals surface area contributed by atoms with Gasteiger partial charge in [0.1, 0.15) is 0 Å². The molecule has 21 heavy (non-hydrogen) atoms. The van der Waals surface area contributed by atoms with E-state index in [0.717, 1.165) is 30.8 Å². The molecule has 0 aromatic carbocycles. The minimum atomic E-state index is -0.285. The Kier molecular flexibility index (Phi) is 5.34. The van der Waals surface area contributed by atoms with Crippen LogP contribution >= 0.6 is 0 Å². The van der Waals surface area contributed by atoms with Gasteiger partial charge in [0.05, 0.1) is 0 Å². The molecular formula is C18H34N2O. The topological polar surface area (TPSA) is 32.3 Å². The molecule has 3 nitrogen and oxygen atoms in total. The van der Waals surface area contributed by atoms with E-state index in [1.807, 2.05) is 20.8 Å². The molecule has 1 saturated carbocycles. The second-order valence-electron chi connectivity index (χ2n) is 8.39. The minimum absolute atomic E-state index is 0.200. The summed E-state index contributed by atoms with van der Waals surface area (Å²) in [6.45, 7) is 12.9. The summed E-state index contributed by atoms with van der Waals surface area (Å²) in [5, 5.41) is 3.31. The van der Waals surface area contributed by atoms with Gasteiger partial charge >= 0.3 is 0 Å². The Morgan fingerprint density at radius 1 is 1.24 bits per heavy atom. The summed E-state index contributed by atoms with van der Waals surface area (Å²) in [6, 6.07) is 1.11. The summed E-state index contributed by atoms with van der Waals surface area (Å²) in [4.78, 5) is 15.0. The third kappa shape index (κ3) is 4.21. The number of nitrogens with one attached hydrogen (secondary N) is 1. The molecule has 1 amide bonds. The third-order valence-corrected chi connectivity index (χ3v) is 5.32. The summed E-state index contributed by atoms with van der Waals surface area (Å²) in [6.07, 6.45) is 6.42. The second-order valence-corrected chi connectivity index (χ2v) is 8.39. The lowest BCUT2D eigenvalue weighted by Gasteiger charge is -2.48. The van der Waals surface area contributed by atoms with Crippen molar-refractivity contribution >= 4 is 5.91 Å². The number of carbonyl (C=O) groups is 1. The van der Waals surface area contributed by atoms with Gasteiger partial charge in [0.2, 0.25) is 5.91 Å². The molecule has 4 atom stereocenters. The van der Waals surface area contributed by atoms with E-state index in [4.69, 9.17) is 0 Å². The smallest absolute Gasteiger partial charge is 0.225 e. The first-order valence-corrected chi connectivity index (χ1v) is 8.86. The molecule has 1 aliphatic carbocycles. The SMILES string of the molecule is CCCC1CC(NC(=O)C(C)(C)C)CN(C2CCC2C)C1. The molecule has 0 aromatic heterocycles. The van der Waals surface area contributed by atoms with Crippen LogP contribution < -0.4 is 5.32 Å². The van der Waals surface area contributed by atoms with Crippen molar-refractivity contribution in [1.82, 2.24) is 10.2 Å². The predicted octanol–water partition coefficient (Wildman–Crippen LogP) is 3.44. The highest BCUT2D eigenvalue weighted by atomic mass is 16.2. The van der Waals surface area contributed by atoms with Crippen LogP contribution in [-0.4, -0.2) is 36.0 Å². The van der Waals surface area contributed by atoms with Crippen LogP contribution in [0.3, 0.4) is 0 Å². The fourth-order valence-electron chi connectivity index (χ4n) is 3.83. The summed E-state index contributed by atoms with van der Waals surface area (Å²) >= 11 is 0. The Balaban J connectivity index is 1.97. The number of hydrogen-bond acceptors (Lipinski definition) is 2. The molecule has 3 heteroatoms. The number of piperidine rings is 1. The zero-order valence-corrected chi connectivity index (χ0v) is 14.6. The molecule has 0 radical (unpaired) electrons. The average molecular weight is 294 g/mol. The van der Waals surface area contributed by atoms with E-state index in [9.17, 15) is 4.79 Å².